The Labute approximate surface area is 182 Å². The molecule has 1 aromatic carbocycles. The van der Waals surface area contributed by atoms with Crippen molar-refractivity contribution in [2.45, 2.75) is 25.7 Å². The first-order valence-corrected chi connectivity index (χ1v) is 11.7. The maximum Gasteiger partial charge on any atom is 0.163 e. The van der Waals surface area contributed by atoms with E-state index in [0.717, 1.165) is 39.6 Å². The van der Waals surface area contributed by atoms with Crippen molar-refractivity contribution in [3.63, 3.8) is 0 Å². The summed E-state index contributed by atoms with van der Waals surface area (Å²) in [4.78, 5) is 17.7. The molecule has 0 spiro atoms. The molecule has 1 saturated heterocycles. The summed E-state index contributed by atoms with van der Waals surface area (Å²) in [5.74, 6) is 1.85. The quantitative estimate of drug-likeness (QED) is 0.344. The van der Waals surface area contributed by atoms with Crippen molar-refractivity contribution in [3.8, 4) is 22.5 Å². The first-order valence-electron chi connectivity index (χ1n) is 10.00. The van der Waals surface area contributed by atoms with Crippen LogP contribution in [0.5, 0.6) is 0 Å². The Morgan fingerprint density at radius 2 is 1.55 bits per heavy atom. The first-order chi connectivity index (χ1) is 14.3. The Kier molecular flexibility index (Phi) is 5.29. The highest BCUT2D eigenvalue weighted by atomic mass is 79.9. The maximum absolute atomic E-state index is 5.10. The molecular weight excluding hydrogens is 444 g/mol. The Morgan fingerprint density at radius 3 is 2.28 bits per heavy atom. The van der Waals surface area contributed by atoms with Crippen LogP contribution in [0.4, 0.5) is 5.82 Å². The van der Waals surface area contributed by atoms with Crippen LogP contribution >= 0.6 is 27.3 Å². The molecule has 146 valence electrons. The number of benzene rings is 1. The molecule has 0 atom stereocenters. The van der Waals surface area contributed by atoms with Gasteiger partial charge in [-0.25, -0.2) is 9.97 Å². The number of hydrogen-bond donors (Lipinski definition) is 0. The number of fused-ring (bicyclic) bond motifs is 1. The molecule has 29 heavy (non-hydrogen) atoms. The molecule has 4 aromatic rings. The van der Waals surface area contributed by atoms with Crippen molar-refractivity contribution in [1.82, 2.24) is 15.0 Å². The average molecular weight is 465 g/mol. The molecule has 1 aliphatic heterocycles. The van der Waals surface area contributed by atoms with E-state index in [2.05, 4.69) is 55.5 Å². The molecule has 4 nitrogen and oxygen atoms in total. The summed E-state index contributed by atoms with van der Waals surface area (Å²) in [6, 6.07) is 12.5. The molecule has 5 rings (SSSR count). The van der Waals surface area contributed by atoms with Gasteiger partial charge in [-0.3, -0.25) is 4.98 Å². The summed E-state index contributed by atoms with van der Waals surface area (Å²) in [6.07, 6.45) is 8.63. The Balaban J connectivity index is 1.71. The SMILES string of the molecule is Brc1ccc(-c2csc3nc(-c4ccncc4)nc(N4CCCCCC4)c23)cc1. The zero-order valence-electron chi connectivity index (χ0n) is 16.0. The van der Waals surface area contributed by atoms with Crippen LogP contribution in [0, 0.1) is 0 Å². The van der Waals surface area contributed by atoms with Gasteiger partial charge in [0.1, 0.15) is 10.6 Å². The summed E-state index contributed by atoms with van der Waals surface area (Å²) in [6.45, 7) is 2.11. The van der Waals surface area contributed by atoms with Crippen molar-refractivity contribution >= 4 is 43.3 Å². The fraction of sp³-hybridized carbons (Fsp3) is 0.261. The summed E-state index contributed by atoms with van der Waals surface area (Å²) >= 11 is 5.24. The third-order valence-electron chi connectivity index (χ3n) is 5.41. The van der Waals surface area contributed by atoms with Crippen LogP contribution in [-0.2, 0) is 0 Å². The zero-order chi connectivity index (χ0) is 19.6. The van der Waals surface area contributed by atoms with Crippen LogP contribution in [0.15, 0.2) is 58.6 Å². The second kappa shape index (κ2) is 8.20. The molecule has 0 bridgehead atoms. The van der Waals surface area contributed by atoms with Gasteiger partial charge >= 0.3 is 0 Å². The normalized spacial score (nSPS) is 14.9. The van der Waals surface area contributed by atoms with Crippen molar-refractivity contribution in [2.24, 2.45) is 0 Å². The third-order valence-corrected chi connectivity index (χ3v) is 6.81. The van der Waals surface area contributed by atoms with E-state index in [0.29, 0.717) is 0 Å². The molecule has 1 fully saturated rings. The molecule has 4 heterocycles. The highest BCUT2D eigenvalue weighted by molar-refractivity contribution is 9.10. The van der Waals surface area contributed by atoms with Gasteiger partial charge < -0.3 is 4.90 Å². The lowest BCUT2D eigenvalue weighted by Gasteiger charge is -2.23. The minimum absolute atomic E-state index is 0.781. The lowest BCUT2D eigenvalue weighted by atomic mass is 10.1. The van der Waals surface area contributed by atoms with E-state index in [9.17, 15) is 0 Å². The molecule has 6 heteroatoms. The summed E-state index contributed by atoms with van der Waals surface area (Å²) in [7, 11) is 0. The van der Waals surface area contributed by atoms with Gasteiger partial charge in [0.15, 0.2) is 5.82 Å². The van der Waals surface area contributed by atoms with E-state index in [-0.39, 0.29) is 0 Å². The second-order valence-electron chi connectivity index (χ2n) is 7.34. The number of hydrogen-bond acceptors (Lipinski definition) is 5. The second-order valence-corrected chi connectivity index (χ2v) is 9.12. The zero-order valence-corrected chi connectivity index (χ0v) is 18.4. The molecule has 0 aliphatic carbocycles. The van der Waals surface area contributed by atoms with Gasteiger partial charge in [-0.05, 0) is 42.7 Å². The lowest BCUT2D eigenvalue weighted by Crippen LogP contribution is -2.25. The maximum atomic E-state index is 5.10. The minimum atomic E-state index is 0.781. The average Bonchev–Trinajstić information content (AvgIpc) is 3.00. The van der Waals surface area contributed by atoms with Crippen LogP contribution in [0.3, 0.4) is 0 Å². The molecular formula is C23H21BrN4S. The molecule has 3 aromatic heterocycles. The lowest BCUT2D eigenvalue weighted by molar-refractivity contribution is 0.726. The fourth-order valence-corrected chi connectivity index (χ4v) is 5.11. The topological polar surface area (TPSA) is 41.9 Å². The van der Waals surface area contributed by atoms with E-state index >= 15 is 0 Å². The molecule has 0 saturated carbocycles. The summed E-state index contributed by atoms with van der Waals surface area (Å²) in [5, 5.41) is 3.40. The molecule has 0 unspecified atom stereocenters. The van der Waals surface area contributed by atoms with Gasteiger partial charge in [0.05, 0.1) is 5.39 Å². The molecule has 1 aliphatic rings. The number of pyridine rings is 1. The third kappa shape index (κ3) is 3.79. The highest BCUT2D eigenvalue weighted by Crippen LogP contribution is 2.40. The van der Waals surface area contributed by atoms with Crippen LogP contribution < -0.4 is 4.90 Å². The van der Waals surface area contributed by atoms with Crippen molar-refractivity contribution in [2.75, 3.05) is 18.0 Å². The van der Waals surface area contributed by atoms with E-state index in [1.54, 1.807) is 23.7 Å². The minimum Gasteiger partial charge on any atom is -0.356 e. The Bertz CT molecular complexity index is 1120. The predicted octanol–water partition coefficient (Wildman–Crippen LogP) is 6.56. The number of anilines is 1. The largest absolute Gasteiger partial charge is 0.356 e. The van der Waals surface area contributed by atoms with Crippen molar-refractivity contribution in [3.05, 3.63) is 58.6 Å². The van der Waals surface area contributed by atoms with E-state index in [4.69, 9.17) is 9.97 Å². The monoisotopic (exact) mass is 464 g/mol. The number of thiophene rings is 1. The number of halogens is 1. The standard InChI is InChI=1S/C23H21BrN4S/c24-18-7-5-16(6-8-18)19-15-29-23-20(19)22(28-13-3-1-2-4-14-28)26-21(27-23)17-9-11-25-12-10-17/h5-12,15H,1-4,13-14H2. The van der Waals surface area contributed by atoms with Gasteiger partial charge in [0.2, 0.25) is 0 Å². The molecule has 0 amide bonds. The molecule has 0 radical (unpaired) electrons. The summed E-state index contributed by atoms with van der Waals surface area (Å²) < 4.78 is 1.09. The van der Waals surface area contributed by atoms with Gasteiger partial charge in [0.25, 0.3) is 0 Å². The van der Waals surface area contributed by atoms with Gasteiger partial charge in [-0.1, -0.05) is 40.9 Å². The van der Waals surface area contributed by atoms with Gasteiger partial charge in [0, 0.05) is 46.5 Å². The van der Waals surface area contributed by atoms with Crippen molar-refractivity contribution < 1.29 is 0 Å². The fourth-order valence-electron chi connectivity index (χ4n) is 3.91. The predicted molar refractivity (Wildman–Crippen MR) is 124 cm³/mol. The van der Waals surface area contributed by atoms with Gasteiger partial charge in [-0.2, -0.15) is 0 Å². The Morgan fingerprint density at radius 1 is 0.828 bits per heavy atom. The van der Waals surface area contributed by atoms with Crippen molar-refractivity contribution in [1.29, 1.82) is 0 Å². The number of rotatable bonds is 3. The Hall–Kier alpha value is -2.31. The first kappa shape index (κ1) is 18.7. The van der Waals surface area contributed by atoms with E-state index < -0.39 is 0 Å². The van der Waals surface area contributed by atoms with E-state index in [1.165, 1.54) is 42.2 Å². The van der Waals surface area contributed by atoms with E-state index in [1.807, 2.05) is 12.1 Å². The van der Waals surface area contributed by atoms with Crippen LogP contribution in [0.1, 0.15) is 25.7 Å². The van der Waals surface area contributed by atoms with Crippen LogP contribution in [0.2, 0.25) is 0 Å². The molecule has 0 N–H and O–H groups in total. The van der Waals surface area contributed by atoms with Crippen LogP contribution in [0.25, 0.3) is 32.7 Å². The van der Waals surface area contributed by atoms with Crippen LogP contribution in [-0.4, -0.2) is 28.0 Å². The summed E-state index contributed by atoms with van der Waals surface area (Å²) in [5.41, 5.74) is 3.44. The number of nitrogens with zero attached hydrogens (tertiary/aromatic N) is 4. The number of aromatic nitrogens is 3. The van der Waals surface area contributed by atoms with Gasteiger partial charge in [-0.15, -0.1) is 11.3 Å². The smallest absolute Gasteiger partial charge is 0.163 e. The highest BCUT2D eigenvalue weighted by Gasteiger charge is 2.21.